The monoisotopic (exact) mass is 252 g/mol. The lowest BCUT2D eigenvalue weighted by molar-refractivity contribution is -0.116. The molecule has 0 bridgehead atoms. The third-order valence-electron chi connectivity index (χ3n) is 2.84. The van der Waals surface area contributed by atoms with Gasteiger partial charge < -0.3 is 5.11 Å². The molecule has 0 amide bonds. The van der Waals surface area contributed by atoms with Gasteiger partial charge in [0.05, 0.1) is 6.10 Å². The molecule has 0 radical (unpaired) electrons. The van der Waals surface area contributed by atoms with Crippen molar-refractivity contribution in [2.45, 2.75) is 12.5 Å². The van der Waals surface area contributed by atoms with Crippen molar-refractivity contribution in [3.8, 4) is 0 Å². The number of carbonyl (C=O) groups excluding carboxylic acids is 1. The van der Waals surface area contributed by atoms with Gasteiger partial charge in [-0.2, -0.15) is 0 Å². The van der Waals surface area contributed by atoms with Gasteiger partial charge in [-0.1, -0.05) is 66.7 Å². The van der Waals surface area contributed by atoms with Crippen molar-refractivity contribution in [1.29, 1.82) is 0 Å². The Kier molecular flexibility index (Phi) is 4.65. The maximum Gasteiger partial charge on any atom is 0.158 e. The number of allylic oxidation sites excluding steroid dienone is 1. The summed E-state index contributed by atoms with van der Waals surface area (Å²) in [5.41, 5.74) is 1.74. The predicted octanol–water partition coefficient (Wildman–Crippen LogP) is 3.39. The van der Waals surface area contributed by atoms with E-state index in [4.69, 9.17) is 0 Å². The summed E-state index contributed by atoms with van der Waals surface area (Å²) in [6, 6.07) is 18.8. The Hall–Kier alpha value is -2.19. The van der Waals surface area contributed by atoms with Crippen LogP contribution in [0.2, 0.25) is 0 Å². The van der Waals surface area contributed by atoms with Gasteiger partial charge in [0.2, 0.25) is 0 Å². The minimum atomic E-state index is -0.742. The molecule has 0 aliphatic heterocycles. The maximum atomic E-state index is 11.8. The largest absolute Gasteiger partial charge is 0.388 e. The summed E-state index contributed by atoms with van der Waals surface area (Å²) in [5, 5.41) is 9.93. The third-order valence-corrected chi connectivity index (χ3v) is 2.84. The van der Waals surface area contributed by atoms with E-state index in [0.717, 1.165) is 11.1 Å². The summed E-state index contributed by atoms with van der Waals surface area (Å²) in [5.74, 6) is -0.0831. The molecule has 2 aromatic carbocycles. The first-order valence-corrected chi connectivity index (χ1v) is 6.24. The van der Waals surface area contributed by atoms with Gasteiger partial charge in [0.15, 0.2) is 5.78 Å². The molecule has 0 aliphatic rings. The average molecular weight is 252 g/mol. The van der Waals surface area contributed by atoms with Crippen molar-refractivity contribution in [2.24, 2.45) is 0 Å². The Labute approximate surface area is 113 Å². The van der Waals surface area contributed by atoms with Gasteiger partial charge in [-0.15, -0.1) is 0 Å². The van der Waals surface area contributed by atoms with Crippen molar-refractivity contribution in [2.75, 3.05) is 0 Å². The highest BCUT2D eigenvalue weighted by Gasteiger charge is 2.10. The molecule has 0 aromatic heterocycles. The lowest BCUT2D eigenvalue weighted by Gasteiger charge is -2.08. The van der Waals surface area contributed by atoms with Crippen LogP contribution in [0.25, 0.3) is 6.08 Å². The molecule has 2 rings (SSSR count). The minimum absolute atomic E-state index is 0.0831. The molecule has 0 spiro atoms. The van der Waals surface area contributed by atoms with E-state index in [1.807, 2.05) is 60.7 Å². The molecule has 0 aliphatic carbocycles. The zero-order valence-corrected chi connectivity index (χ0v) is 10.6. The summed E-state index contributed by atoms with van der Waals surface area (Å²) >= 11 is 0. The second-order valence-electron chi connectivity index (χ2n) is 4.34. The van der Waals surface area contributed by atoms with Crippen LogP contribution in [-0.2, 0) is 4.79 Å². The number of hydrogen-bond donors (Lipinski definition) is 1. The average Bonchev–Trinajstić information content (AvgIpc) is 2.47. The Bertz CT molecular complexity index is 544. The lowest BCUT2D eigenvalue weighted by atomic mass is 10.0. The normalized spacial score (nSPS) is 12.5. The molecule has 2 aromatic rings. The van der Waals surface area contributed by atoms with E-state index in [1.165, 1.54) is 6.08 Å². The molecule has 0 saturated heterocycles. The summed E-state index contributed by atoms with van der Waals surface area (Å²) < 4.78 is 0. The van der Waals surface area contributed by atoms with Crippen LogP contribution in [0.5, 0.6) is 0 Å². The standard InChI is InChI=1S/C17H16O2/c18-16(12-11-14-7-3-1-4-8-14)13-17(19)15-9-5-2-6-10-15/h1-12,17,19H,13H2/b12-11+. The van der Waals surface area contributed by atoms with Crippen LogP contribution >= 0.6 is 0 Å². The van der Waals surface area contributed by atoms with Gasteiger partial charge in [0.1, 0.15) is 0 Å². The van der Waals surface area contributed by atoms with E-state index in [1.54, 1.807) is 6.08 Å². The van der Waals surface area contributed by atoms with Crippen molar-refractivity contribution in [3.63, 3.8) is 0 Å². The Morgan fingerprint density at radius 2 is 1.58 bits per heavy atom. The van der Waals surface area contributed by atoms with Crippen molar-refractivity contribution >= 4 is 11.9 Å². The van der Waals surface area contributed by atoms with E-state index in [2.05, 4.69) is 0 Å². The number of rotatable bonds is 5. The van der Waals surface area contributed by atoms with Gasteiger partial charge in [0, 0.05) is 6.42 Å². The van der Waals surface area contributed by atoms with Gasteiger partial charge in [-0.3, -0.25) is 4.79 Å². The quantitative estimate of drug-likeness (QED) is 0.828. The van der Waals surface area contributed by atoms with Crippen LogP contribution in [0, 0.1) is 0 Å². The van der Waals surface area contributed by atoms with E-state index < -0.39 is 6.10 Å². The topological polar surface area (TPSA) is 37.3 Å². The smallest absolute Gasteiger partial charge is 0.158 e. The fourth-order valence-corrected chi connectivity index (χ4v) is 1.80. The molecule has 1 atom stereocenters. The summed E-state index contributed by atoms with van der Waals surface area (Å²) in [6.45, 7) is 0. The molecule has 0 fully saturated rings. The van der Waals surface area contributed by atoms with Gasteiger partial charge in [0.25, 0.3) is 0 Å². The number of ketones is 1. The Morgan fingerprint density at radius 1 is 1.00 bits per heavy atom. The summed E-state index contributed by atoms with van der Waals surface area (Å²) in [6.07, 6.45) is 2.64. The fraction of sp³-hybridized carbons (Fsp3) is 0.118. The molecule has 1 unspecified atom stereocenters. The van der Waals surface area contributed by atoms with Crippen LogP contribution in [0.3, 0.4) is 0 Å². The molecule has 19 heavy (non-hydrogen) atoms. The molecule has 96 valence electrons. The molecular weight excluding hydrogens is 236 g/mol. The zero-order chi connectivity index (χ0) is 13.5. The number of aliphatic hydroxyl groups is 1. The molecule has 2 heteroatoms. The van der Waals surface area contributed by atoms with E-state index in [-0.39, 0.29) is 12.2 Å². The van der Waals surface area contributed by atoms with E-state index in [9.17, 15) is 9.90 Å². The molecule has 0 heterocycles. The van der Waals surface area contributed by atoms with Crippen molar-refractivity contribution in [1.82, 2.24) is 0 Å². The van der Waals surface area contributed by atoms with Gasteiger partial charge in [-0.05, 0) is 17.2 Å². The number of carbonyl (C=O) groups is 1. The first kappa shape index (κ1) is 13.2. The van der Waals surface area contributed by atoms with Crippen molar-refractivity contribution in [3.05, 3.63) is 77.9 Å². The number of aliphatic hydroxyl groups excluding tert-OH is 1. The van der Waals surface area contributed by atoms with E-state index in [0.29, 0.717) is 0 Å². The SMILES string of the molecule is O=C(/C=C/c1ccccc1)CC(O)c1ccccc1. The summed E-state index contributed by atoms with van der Waals surface area (Å²) in [7, 11) is 0. The van der Waals surface area contributed by atoms with Crippen LogP contribution in [0.4, 0.5) is 0 Å². The lowest BCUT2D eigenvalue weighted by Crippen LogP contribution is -2.03. The Morgan fingerprint density at radius 3 is 2.21 bits per heavy atom. The minimum Gasteiger partial charge on any atom is -0.388 e. The molecule has 0 saturated carbocycles. The molecular formula is C17H16O2. The van der Waals surface area contributed by atoms with E-state index >= 15 is 0 Å². The highest BCUT2D eigenvalue weighted by Crippen LogP contribution is 2.16. The number of hydrogen-bond acceptors (Lipinski definition) is 2. The molecule has 1 N–H and O–H groups in total. The highest BCUT2D eigenvalue weighted by molar-refractivity contribution is 5.93. The molecule has 2 nitrogen and oxygen atoms in total. The van der Waals surface area contributed by atoms with Crippen LogP contribution in [0.15, 0.2) is 66.7 Å². The Balaban J connectivity index is 1.93. The first-order valence-electron chi connectivity index (χ1n) is 6.24. The first-order chi connectivity index (χ1) is 9.25. The third kappa shape index (κ3) is 4.19. The van der Waals surface area contributed by atoms with Crippen molar-refractivity contribution < 1.29 is 9.90 Å². The number of benzene rings is 2. The fourth-order valence-electron chi connectivity index (χ4n) is 1.80. The van der Waals surface area contributed by atoms with Gasteiger partial charge in [-0.25, -0.2) is 0 Å². The van der Waals surface area contributed by atoms with Gasteiger partial charge >= 0.3 is 0 Å². The second-order valence-corrected chi connectivity index (χ2v) is 4.34. The van der Waals surface area contributed by atoms with Crippen LogP contribution < -0.4 is 0 Å². The maximum absolute atomic E-state index is 11.8. The predicted molar refractivity (Wildman–Crippen MR) is 76.5 cm³/mol. The zero-order valence-electron chi connectivity index (χ0n) is 10.6. The van der Waals surface area contributed by atoms with Crippen LogP contribution in [-0.4, -0.2) is 10.9 Å². The summed E-state index contributed by atoms with van der Waals surface area (Å²) in [4.78, 5) is 11.8. The highest BCUT2D eigenvalue weighted by atomic mass is 16.3. The van der Waals surface area contributed by atoms with Crippen LogP contribution in [0.1, 0.15) is 23.7 Å². The second kappa shape index (κ2) is 6.66.